The minimum absolute atomic E-state index is 0.0101. The fraction of sp³-hybridized carbons (Fsp3) is 0.286. The molecule has 0 aromatic heterocycles. The van der Waals surface area contributed by atoms with E-state index in [2.05, 4.69) is 5.32 Å². The highest BCUT2D eigenvalue weighted by molar-refractivity contribution is 6.04. The van der Waals surface area contributed by atoms with Crippen molar-refractivity contribution in [1.82, 2.24) is 0 Å². The highest BCUT2D eigenvalue weighted by atomic mass is 16.5. The number of rotatable bonds is 5. The van der Waals surface area contributed by atoms with Crippen LogP contribution in [0.4, 0.5) is 5.69 Å². The molecule has 1 aliphatic carbocycles. The minimum atomic E-state index is -0.191. The SMILES string of the molecule is COC(=O)CC1CCc2ccc(C(=O)Nc3ccc(C(=N)N)cc3)cc2C1. The number of nitrogens with two attached hydrogens (primary N) is 1. The molecule has 140 valence electrons. The third-order valence-corrected chi connectivity index (χ3v) is 4.94. The molecule has 27 heavy (non-hydrogen) atoms. The molecule has 1 unspecified atom stereocenters. The summed E-state index contributed by atoms with van der Waals surface area (Å²) >= 11 is 0. The number of carbonyl (C=O) groups excluding carboxylic acids is 2. The molecule has 6 nitrogen and oxygen atoms in total. The van der Waals surface area contributed by atoms with Gasteiger partial charge in [-0.1, -0.05) is 6.07 Å². The number of hydrogen-bond donors (Lipinski definition) is 3. The lowest BCUT2D eigenvalue weighted by Crippen LogP contribution is -2.20. The number of methoxy groups -OCH3 is 1. The number of nitrogen functional groups attached to an aromatic ring is 1. The number of hydrogen-bond acceptors (Lipinski definition) is 4. The number of aryl methyl sites for hydroxylation is 1. The predicted molar refractivity (Wildman–Crippen MR) is 104 cm³/mol. The molecule has 3 rings (SSSR count). The lowest BCUT2D eigenvalue weighted by molar-refractivity contribution is -0.141. The number of anilines is 1. The molecule has 1 amide bonds. The first-order valence-electron chi connectivity index (χ1n) is 8.90. The largest absolute Gasteiger partial charge is 0.469 e. The summed E-state index contributed by atoms with van der Waals surface area (Å²) in [7, 11) is 1.41. The monoisotopic (exact) mass is 365 g/mol. The highest BCUT2D eigenvalue weighted by Gasteiger charge is 2.22. The molecule has 2 aromatic carbocycles. The molecule has 0 spiro atoms. The van der Waals surface area contributed by atoms with Gasteiger partial charge in [-0.3, -0.25) is 15.0 Å². The smallest absolute Gasteiger partial charge is 0.305 e. The molecular weight excluding hydrogens is 342 g/mol. The zero-order valence-corrected chi connectivity index (χ0v) is 15.2. The first-order valence-corrected chi connectivity index (χ1v) is 8.90. The Labute approximate surface area is 158 Å². The molecule has 0 radical (unpaired) electrons. The van der Waals surface area contributed by atoms with Crippen molar-refractivity contribution in [2.24, 2.45) is 11.7 Å². The maximum absolute atomic E-state index is 12.6. The summed E-state index contributed by atoms with van der Waals surface area (Å²) in [4.78, 5) is 24.1. The second-order valence-corrected chi connectivity index (χ2v) is 6.82. The summed E-state index contributed by atoms with van der Waals surface area (Å²) in [5.74, 6) is -0.138. The Morgan fingerprint density at radius 1 is 1.15 bits per heavy atom. The third kappa shape index (κ3) is 4.53. The van der Waals surface area contributed by atoms with Crippen LogP contribution in [0.15, 0.2) is 42.5 Å². The summed E-state index contributed by atoms with van der Waals surface area (Å²) in [5, 5.41) is 10.3. The number of ether oxygens (including phenoxy) is 1. The maximum Gasteiger partial charge on any atom is 0.305 e. The van der Waals surface area contributed by atoms with E-state index in [1.165, 1.54) is 12.7 Å². The highest BCUT2D eigenvalue weighted by Crippen LogP contribution is 2.29. The van der Waals surface area contributed by atoms with Crippen molar-refractivity contribution in [3.05, 3.63) is 64.7 Å². The van der Waals surface area contributed by atoms with Crippen molar-refractivity contribution >= 4 is 23.4 Å². The molecule has 4 N–H and O–H groups in total. The van der Waals surface area contributed by atoms with E-state index in [0.717, 1.165) is 24.8 Å². The van der Waals surface area contributed by atoms with E-state index < -0.39 is 0 Å². The standard InChI is InChI=1S/C21H23N3O3/c1-27-19(25)11-13-2-3-14-4-5-16(12-17(14)10-13)21(26)24-18-8-6-15(7-9-18)20(22)23/h4-9,12-13H,2-3,10-11H2,1H3,(H3,22,23)(H,24,26). The first kappa shape index (κ1) is 18.6. The van der Waals surface area contributed by atoms with Gasteiger partial charge in [0.1, 0.15) is 5.84 Å². The molecule has 0 saturated heterocycles. The second kappa shape index (κ2) is 8.03. The van der Waals surface area contributed by atoms with Gasteiger partial charge in [0.05, 0.1) is 7.11 Å². The molecule has 0 fully saturated rings. The normalized spacial score (nSPS) is 15.5. The summed E-state index contributed by atoms with van der Waals surface area (Å²) in [6.45, 7) is 0. The van der Waals surface area contributed by atoms with Gasteiger partial charge >= 0.3 is 5.97 Å². The summed E-state index contributed by atoms with van der Waals surface area (Å²) < 4.78 is 4.77. The Morgan fingerprint density at radius 2 is 1.85 bits per heavy atom. The summed E-state index contributed by atoms with van der Waals surface area (Å²) in [6, 6.07) is 12.6. The molecule has 1 atom stereocenters. The van der Waals surface area contributed by atoms with Gasteiger partial charge in [-0.25, -0.2) is 0 Å². The Hall–Kier alpha value is -3.15. The number of fused-ring (bicyclic) bond motifs is 1. The fourth-order valence-corrected chi connectivity index (χ4v) is 3.40. The van der Waals surface area contributed by atoms with E-state index in [9.17, 15) is 9.59 Å². The first-order chi connectivity index (χ1) is 13.0. The van der Waals surface area contributed by atoms with Gasteiger partial charge in [0.15, 0.2) is 0 Å². The maximum atomic E-state index is 12.6. The fourth-order valence-electron chi connectivity index (χ4n) is 3.40. The van der Waals surface area contributed by atoms with Crippen LogP contribution >= 0.6 is 0 Å². The Morgan fingerprint density at radius 3 is 2.52 bits per heavy atom. The van der Waals surface area contributed by atoms with E-state index in [1.807, 2.05) is 18.2 Å². The van der Waals surface area contributed by atoms with Gasteiger partial charge in [-0.15, -0.1) is 0 Å². The number of amidine groups is 1. The summed E-state index contributed by atoms with van der Waals surface area (Å²) in [6.07, 6.45) is 3.05. The van der Waals surface area contributed by atoms with Crippen LogP contribution < -0.4 is 11.1 Å². The van der Waals surface area contributed by atoms with Crippen LogP contribution in [0.1, 0.15) is 39.9 Å². The van der Waals surface area contributed by atoms with Crippen LogP contribution in [0.2, 0.25) is 0 Å². The zero-order valence-electron chi connectivity index (χ0n) is 15.2. The number of esters is 1. The van der Waals surface area contributed by atoms with Crippen LogP contribution in [0.5, 0.6) is 0 Å². The predicted octanol–water partition coefficient (Wildman–Crippen LogP) is 2.89. The van der Waals surface area contributed by atoms with E-state index in [1.54, 1.807) is 24.3 Å². The van der Waals surface area contributed by atoms with Crippen LogP contribution in [-0.2, 0) is 22.4 Å². The Bertz CT molecular complexity index is 875. The Kier molecular flexibility index (Phi) is 5.54. The minimum Gasteiger partial charge on any atom is -0.469 e. The lowest BCUT2D eigenvalue weighted by atomic mass is 9.81. The van der Waals surface area contributed by atoms with E-state index >= 15 is 0 Å². The van der Waals surface area contributed by atoms with Crippen LogP contribution in [0.3, 0.4) is 0 Å². The molecular formula is C21H23N3O3. The van der Waals surface area contributed by atoms with Gasteiger partial charge in [-0.05, 0) is 72.7 Å². The average molecular weight is 365 g/mol. The molecule has 1 aliphatic rings. The number of carbonyl (C=O) groups is 2. The van der Waals surface area contributed by atoms with E-state index in [-0.39, 0.29) is 23.6 Å². The molecule has 0 heterocycles. The van der Waals surface area contributed by atoms with Crippen LogP contribution in [0.25, 0.3) is 0 Å². The number of amides is 1. The Balaban J connectivity index is 1.70. The topological polar surface area (TPSA) is 105 Å². The third-order valence-electron chi connectivity index (χ3n) is 4.94. The molecule has 0 bridgehead atoms. The number of benzene rings is 2. The van der Waals surface area contributed by atoms with Gasteiger partial charge in [0.25, 0.3) is 5.91 Å². The van der Waals surface area contributed by atoms with E-state index in [0.29, 0.717) is 23.2 Å². The van der Waals surface area contributed by atoms with Crippen LogP contribution in [-0.4, -0.2) is 24.8 Å². The lowest BCUT2D eigenvalue weighted by Gasteiger charge is -2.24. The quantitative estimate of drug-likeness (QED) is 0.430. The van der Waals surface area contributed by atoms with Crippen molar-refractivity contribution in [2.75, 3.05) is 12.4 Å². The van der Waals surface area contributed by atoms with Crippen molar-refractivity contribution in [3.8, 4) is 0 Å². The van der Waals surface area contributed by atoms with Crippen LogP contribution in [0, 0.1) is 11.3 Å². The van der Waals surface area contributed by atoms with Crippen molar-refractivity contribution in [2.45, 2.75) is 25.7 Å². The second-order valence-electron chi connectivity index (χ2n) is 6.82. The van der Waals surface area contributed by atoms with Gasteiger partial charge in [0, 0.05) is 23.2 Å². The van der Waals surface area contributed by atoms with Gasteiger partial charge in [-0.2, -0.15) is 0 Å². The van der Waals surface area contributed by atoms with Gasteiger partial charge in [0.2, 0.25) is 0 Å². The number of nitrogens with one attached hydrogen (secondary N) is 2. The van der Waals surface area contributed by atoms with Crippen molar-refractivity contribution in [3.63, 3.8) is 0 Å². The summed E-state index contributed by atoms with van der Waals surface area (Å²) in [5.41, 5.74) is 9.63. The molecule has 0 aliphatic heterocycles. The van der Waals surface area contributed by atoms with Gasteiger partial charge < -0.3 is 15.8 Å². The van der Waals surface area contributed by atoms with Crippen molar-refractivity contribution in [1.29, 1.82) is 5.41 Å². The van der Waals surface area contributed by atoms with Crippen molar-refractivity contribution < 1.29 is 14.3 Å². The average Bonchev–Trinajstić information content (AvgIpc) is 2.67. The molecule has 2 aromatic rings. The zero-order chi connectivity index (χ0) is 19.4. The molecule has 6 heteroatoms. The van der Waals surface area contributed by atoms with E-state index in [4.69, 9.17) is 15.9 Å². The molecule has 0 saturated carbocycles.